The molecule has 3 heterocycles. The van der Waals surface area contributed by atoms with Gasteiger partial charge in [0.1, 0.15) is 0 Å². The number of hydrogen-bond acceptors (Lipinski definition) is 4. The van der Waals surface area contributed by atoms with Gasteiger partial charge < -0.3 is 14.5 Å². The second-order valence-corrected chi connectivity index (χ2v) is 9.37. The number of rotatable bonds is 3. The first kappa shape index (κ1) is 24.6. The first-order valence-electron chi connectivity index (χ1n) is 11.1. The molecule has 1 aromatic heterocycles. The monoisotopic (exact) mass is 493 g/mol. The molecular weight excluding hydrogens is 468 g/mol. The zero-order valence-corrected chi connectivity index (χ0v) is 18.5. The molecule has 1 aliphatic carbocycles. The molecule has 2 saturated heterocycles. The van der Waals surface area contributed by atoms with Crippen molar-refractivity contribution in [3.05, 3.63) is 29.6 Å². The summed E-state index contributed by atoms with van der Waals surface area (Å²) in [5.74, 6) is -0.0444. The van der Waals surface area contributed by atoms with Crippen molar-refractivity contribution in [2.75, 3.05) is 19.6 Å². The van der Waals surface area contributed by atoms with Crippen LogP contribution in [0.2, 0.25) is 0 Å². The molecule has 1 spiro atoms. The fourth-order valence-electron chi connectivity index (χ4n) is 5.30. The number of ether oxygens (including phenoxy) is 1. The van der Waals surface area contributed by atoms with Crippen molar-refractivity contribution in [3.63, 3.8) is 0 Å². The van der Waals surface area contributed by atoms with Crippen molar-refractivity contribution < 1.29 is 40.7 Å². The van der Waals surface area contributed by atoms with Gasteiger partial charge in [-0.25, -0.2) is 4.79 Å². The van der Waals surface area contributed by atoms with Gasteiger partial charge in [-0.1, -0.05) is 6.07 Å². The van der Waals surface area contributed by atoms with Crippen molar-refractivity contribution in [2.24, 2.45) is 0 Å². The maximum Gasteiger partial charge on any atom is 0.434 e. The Bertz CT molecular complexity index is 938. The van der Waals surface area contributed by atoms with E-state index in [9.17, 15) is 35.9 Å². The Hall–Kier alpha value is -2.53. The number of amides is 2. The predicted molar refractivity (Wildman–Crippen MR) is 107 cm³/mol. The molecule has 3 fully saturated rings. The van der Waals surface area contributed by atoms with E-state index in [1.807, 2.05) is 17.9 Å². The number of halogens is 6. The summed E-state index contributed by atoms with van der Waals surface area (Å²) in [4.78, 5) is 32.9. The van der Waals surface area contributed by atoms with E-state index < -0.39 is 35.5 Å². The lowest BCUT2D eigenvalue weighted by Gasteiger charge is -2.46. The van der Waals surface area contributed by atoms with Gasteiger partial charge in [0.15, 0.2) is 0 Å². The number of carbonyl (C=O) groups excluding carboxylic acids is 2. The van der Waals surface area contributed by atoms with Crippen LogP contribution in [0.4, 0.5) is 31.1 Å². The van der Waals surface area contributed by atoms with E-state index in [1.54, 1.807) is 12.3 Å². The van der Waals surface area contributed by atoms with Crippen molar-refractivity contribution in [2.45, 2.75) is 74.9 Å². The van der Waals surface area contributed by atoms with Gasteiger partial charge in [-0.15, -0.1) is 0 Å². The van der Waals surface area contributed by atoms with Gasteiger partial charge in [0.25, 0.3) is 6.10 Å². The van der Waals surface area contributed by atoms with E-state index in [-0.39, 0.29) is 31.8 Å². The molecule has 188 valence electrons. The molecule has 6 nitrogen and oxygen atoms in total. The standard InChI is InChI=1S/C22H25F6N3O3/c1-14-4-2-10-29-15(14)20(6-7-20)17(32)31-11-3-5-19(31)8-12-30(13-9-19)18(33)34-16(21(23,24)25)22(26,27)28/h2,4,10,16H,3,5-9,11-13H2,1H3. The summed E-state index contributed by atoms with van der Waals surface area (Å²) in [6, 6.07) is 3.70. The molecule has 0 aromatic carbocycles. The minimum atomic E-state index is -5.76. The lowest BCUT2D eigenvalue weighted by molar-refractivity contribution is -0.308. The van der Waals surface area contributed by atoms with Gasteiger partial charge in [-0.05, 0) is 57.1 Å². The molecule has 0 atom stereocenters. The Morgan fingerprint density at radius 2 is 1.62 bits per heavy atom. The predicted octanol–water partition coefficient (Wildman–Crippen LogP) is 4.51. The Morgan fingerprint density at radius 3 is 2.15 bits per heavy atom. The smallest absolute Gasteiger partial charge is 0.426 e. The SMILES string of the molecule is Cc1cccnc1C1(C(=O)N2CCCC23CCN(C(=O)OC(C(F)(F)F)C(F)(F)F)CC3)CC1. The number of likely N-dealkylation sites (tertiary alicyclic amines) is 2. The molecule has 34 heavy (non-hydrogen) atoms. The minimum absolute atomic E-state index is 0.0444. The topological polar surface area (TPSA) is 62.7 Å². The van der Waals surface area contributed by atoms with Gasteiger partial charge in [0.2, 0.25) is 5.91 Å². The Kier molecular flexibility index (Phi) is 6.00. The van der Waals surface area contributed by atoms with Crippen LogP contribution in [-0.4, -0.2) is 70.4 Å². The molecule has 0 N–H and O–H groups in total. The quantitative estimate of drug-likeness (QED) is 0.582. The third-order valence-electron chi connectivity index (χ3n) is 7.23. The zero-order chi connectivity index (χ0) is 24.9. The normalized spacial score (nSPS) is 21.8. The summed E-state index contributed by atoms with van der Waals surface area (Å²) in [5.41, 5.74) is 0.391. The van der Waals surface area contributed by atoms with Gasteiger partial charge in [-0.3, -0.25) is 9.78 Å². The highest BCUT2D eigenvalue weighted by Gasteiger charge is 2.61. The van der Waals surface area contributed by atoms with E-state index >= 15 is 0 Å². The van der Waals surface area contributed by atoms with E-state index in [4.69, 9.17) is 0 Å². The van der Waals surface area contributed by atoms with Crippen LogP contribution in [-0.2, 0) is 14.9 Å². The van der Waals surface area contributed by atoms with Gasteiger partial charge in [0.05, 0.1) is 11.1 Å². The lowest BCUT2D eigenvalue weighted by Crippen LogP contribution is -2.57. The fraction of sp³-hybridized carbons (Fsp3) is 0.682. The molecule has 0 radical (unpaired) electrons. The number of piperidine rings is 1. The highest BCUT2D eigenvalue weighted by Crippen LogP contribution is 2.52. The third kappa shape index (κ3) is 4.31. The number of nitrogens with zero attached hydrogens (tertiary/aromatic N) is 3. The van der Waals surface area contributed by atoms with Crippen LogP contribution < -0.4 is 0 Å². The average Bonchev–Trinajstić information content (AvgIpc) is 3.46. The molecule has 1 saturated carbocycles. The Balaban J connectivity index is 1.45. The number of aryl methyl sites for hydroxylation is 1. The second kappa shape index (κ2) is 8.30. The molecule has 4 rings (SSSR count). The number of carbonyl (C=O) groups is 2. The average molecular weight is 493 g/mol. The summed E-state index contributed by atoms with van der Waals surface area (Å²) in [7, 11) is 0. The van der Waals surface area contributed by atoms with E-state index in [2.05, 4.69) is 9.72 Å². The van der Waals surface area contributed by atoms with Crippen LogP contribution in [0, 0.1) is 6.92 Å². The van der Waals surface area contributed by atoms with Crippen molar-refractivity contribution in [1.29, 1.82) is 0 Å². The van der Waals surface area contributed by atoms with Crippen LogP contribution >= 0.6 is 0 Å². The minimum Gasteiger partial charge on any atom is -0.426 e. The molecule has 2 amide bonds. The van der Waals surface area contributed by atoms with Crippen molar-refractivity contribution in [1.82, 2.24) is 14.8 Å². The highest BCUT2D eigenvalue weighted by atomic mass is 19.4. The van der Waals surface area contributed by atoms with E-state index in [1.165, 1.54) is 0 Å². The Morgan fingerprint density at radius 1 is 1.00 bits per heavy atom. The molecule has 2 aliphatic heterocycles. The number of hydrogen-bond donors (Lipinski definition) is 0. The van der Waals surface area contributed by atoms with Gasteiger partial charge >= 0.3 is 18.4 Å². The Labute approximate surface area is 192 Å². The van der Waals surface area contributed by atoms with E-state index in [0.717, 1.165) is 22.6 Å². The molecule has 3 aliphatic rings. The lowest BCUT2D eigenvalue weighted by atomic mass is 9.83. The first-order chi connectivity index (χ1) is 15.8. The summed E-state index contributed by atoms with van der Waals surface area (Å²) in [6.45, 7) is 2.22. The van der Waals surface area contributed by atoms with E-state index in [0.29, 0.717) is 25.8 Å². The van der Waals surface area contributed by atoms with Crippen LogP contribution in [0.1, 0.15) is 49.8 Å². The summed E-state index contributed by atoms with van der Waals surface area (Å²) < 4.78 is 80.3. The van der Waals surface area contributed by atoms with Crippen LogP contribution in [0.5, 0.6) is 0 Å². The van der Waals surface area contributed by atoms with Crippen LogP contribution in [0.3, 0.4) is 0 Å². The molecule has 1 aromatic rings. The number of alkyl halides is 6. The third-order valence-corrected chi connectivity index (χ3v) is 7.23. The molecular formula is C22H25F6N3O3. The summed E-state index contributed by atoms with van der Waals surface area (Å²) >= 11 is 0. The maximum atomic E-state index is 13.7. The summed E-state index contributed by atoms with van der Waals surface area (Å²) in [5, 5.41) is 0. The fourth-order valence-corrected chi connectivity index (χ4v) is 5.30. The maximum absolute atomic E-state index is 13.7. The molecule has 0 bridgehead atoms. The van der Waals surface area contributed by atoms with Crippen LogP contribution in [0.15, 0.2) is 18.3 Å². The molecule has 0 unspecified atom stereocenters. The molecule has 12 heteroatoms. The zero-order valence-electron chi connectivity index (χ0n) is 18.5. The largest absolute Gasteiger partial charge is 0.434 e. The van der Waals surface area contributed by atoms with Crippen molar-refractivity contribution in [3.8, 4) is 0 Å². The second-order valence-electron chi connectivity index (χ2n) is 9.37. The first-order valence-corrected chi connectivity index (χ1v) is 11.1. The highest BCUT2D eigenvalue weighted by molar-refractivity contribution is 5.92. The number of pyridine rings is 1. The van der Waals surface area contributed by atoms with Crippen molar-refractivity contribution >= 4 is 12.0 Å². The van der Waals surface area contributed by atoms with Crippen LogP contribution in [0.25, 0.3) is 0 Å². The number of aromatic nitrogens is 1. The van der Waals surface area contributed by atoms with Gasteiger partial charge in [-0.2, -0.15) is 26.3 Å². The van der Waals surface area contributed by atoms with Gasteiger partial charge in [0, 0.05) is 31.4 Å². The summed E-state index contributed by atoms with van der Waals surface area (Å²) in [6.07, 6.45) is -12.5.